The Balaban J connectivity index is 0. The van der Waals surface area contributed by atoms with E-state index in [1.807, 2.05) is 21.0 Å². The highest BCUT2D eigenvalue weighted by molar-refractivity contribution is 4.80. The summed E-state index contributed by atoms with van der Waals surface area (Å²) >= 11 is 0. The standard InChI is InChI=1S/C22H47NO.C2H6/c1-6-8-9-10-11-12-13-14-15-16-17-18-19(3)20(4)22(24-5)21(23)7-2;1-2/h19-22H,6-18,23H2,1-5H3;1-2H3. The Labute approximate surface area is 167 Å². The lowest BCUT2D eigenvalue weighted by atomic mass is 9.83. The number of hydrogen-bond acceptors (Lipinski definition) is 2. The third-order valence-electron chi connectivity index (χ3n) is 5.84. The summed E-state index contributed by atoms with van der Waals surface area (Å²) < 4.78 is 5.67. The van der Waals surface area contributed by atoms with Crippen molar-refractivity contribution >= 4 is 0 Å². The topological polar surface area (TPSA) is 35.2 Å². The van der Waals surface area contributed by atoms with Crippen molar-refractivity contribution in [1.82, 2.24) is 0 Å². The summed E-state index contributed by atoms with van der Waals surface area (Å²) in [5.41, 5.74) is 6.20. The van der Waals surface area contributed by atoms with E-state index in [9.17, 15) is 0 Å². The minimum absolute atomic E-state index is 0.171. The molecule has 0 bridgehead atoms. The second-order valence-electron chi connectivity index (χ2n) is 7.93. The van der Waals surface area contributed by atoms with E-state index in [4.69, 9.17) is 10.5 Å². The van der Waals surface area contributed by atoms with Crippen molar-refractivity contribution < 1.29 is 4.74 Å². The summed E-state index contributed by atoms with van der Waals surface area (Å²) in [6.07, 6.45) is 18.1. The average molecular weight is 372 g/mol. The van der Waals surface area contributed by atoms with Crippen molar-refractivity contribution in [2.45, 2.75) is 137 Å². The Morgan fingerprint density at radius 3 is 1.54 bits per heavy atom. The van der Waals surface area contributed by atoms with E-state index in [2.05, 4.69) is 27.7 Å². The number of hydrogen-bond donors (Lipinski definition) is 1. The Bertz CT molecular complexity index is 257. The van der Waals surface area contributed by atoms with Gasteiger partial charge in [-0.1, -0.05) is 119 Å². The van der Waals surface area contributed by atoms with Crippen molar-refractivity contribution in [2.75, 3.05) is 7.11 Å². The molecule has 0 amide bonds. The Hall–Kier alpha value is -0.0800. The Morgan fingerprint density at radius 1 is 0.731 bits per heavy atom. The van der Waals surface area contributed by atoms with Gasteiger partial charge >= 0.3 is 0 Å². The first kappa shape index (κ1) is 28.1. The molecule has 0 radical (unpaired) electrons. The lowest BCUT2D eigenvalue weighted by Gasteiger charge is -2.31. The van der Waals surface area contributed by atoms with Crippen LogP contribution >= 0.6 is 0 Å². The van der Waals surface area contributed by atoms with E-state index in [-0.39, 0.29) is 12.1 Å². The van der Waals surface area contributed by atoms with E-state index < -0.39 is 0 Å². The van der Waals surface area contributed by atoms with Gasteiger partial charge in [0.2, 0.25) is 0 Å². The molecule has 0 saturated carbocycles. The number of methoxy groups -OCH3 is 1. The molecule has 0 rings (SSSR count). The van der Waals surface area contributed by atoms with Gasteiger partial charge in [0.25, 0.3) is 0 Å². The van der Waals surface area contributed by atoms with Gasteiger partial charge in [0.15, 0.2) is 0 Å². The molecule has 4 atom stereocenters. The minimum atomic E-state index is 0.171. The monoisotopic (exact) mass is 371 g/mol. The van der Waals surface area contributed by atoms with Crippen LogP contribution in [0.4, 0.5) is 0 Å². The van der Waals surface area contributed by atoms with Crippen LogP contribution in [0.2, 0.25) is 0 Å². The largest absolute Gasteiger partial charge is 0.380 e. The van der Waals surface area contributed by atoms with Gasteiger partial charge in [-0.15, -0.1) is 0 Å². The quantitative estimate of drug-likeness (QED) is 0.265. The summed E-state index contributed by atoms with van der Waals surface area (Å²) in [5.74, 6) is 1.25. The molecule has 2 heteroatoms. The van der Waals surface area contributed by atoms with Crippen LogP contribution in [0.3, 0.4) is 0 Å². The molecular formula is C24H53NO. The van der Waals surface area contributed by atoms with Crippen molar-refractivity contribution in [3.05, 3.63) is 0 Å². The molecule has 2 nitrogen and oxygen atoms in total. The van der Waals surface area contributed by atoms with Crippen LogP contribution < -0.4 is 5.73 Å². The molecule has 0 aromatic heterocycles. The van der Waals surface area contributed by atoms with E-state index in [1.54, 1.807) is 0 Å². The lowest BCUT2D eigenvalue weighted by Crippen LogP contribution is -2.42. The highest BCUT2D eigenvalue weighted by Crippen LogP contribution is 2.25. The Kier molecular flexibility index (Phi) is 23.0. The second-order valence-corrected chi connectivity index (χ2v) is 7.93. The van der Waals surface area contributed by atoms with Gasteiger partial charge in [0.1, 0.15) is 0 Å². The molecule has 0 spiro atoms. The van der Waals surface area contributed by atoms with Gasteiger partial charge in [0.05, 0.1) is 6.10 Å². The fraction of sp³-hybridized carbons (Fsp3) is 1.00. The maximum atomic E-state index is 6.20. The van der Waals surface area contributed by atoms with E-state index >= 15 is 0 Å². The van der Waals surface area contributed by atoms with Gasteiger partial charge < -0.3 is 10.5 Å². The molecule has 0 heterocycles. The van der Waals surface area contributed by atoms with Crippen molar-refractivity contribution in [1.29, 1.82) is 0 Å². The van der Waals surface area contributed by atoms with E-state index in [0.717, 1.165) is 6.42 Å². The number of nitrogens with two attached hydrogens (primary N) is 1. The number of ether oxygens (including phenoxy) is 1. The molecular weight excluding hydrogens is 318 g/mol. The van der Waals surface area contributed by atoms with Gasteiger partial charge in [-0.2, -0.15) is 0 Å². The first-order valence-corrected chi connectivity index (χ1v) is 11.9. The zero-order chi connectivity index (χ0) is 20.2. The minimum Gasteiger partial charge on any atom is -0.380 e. The number of rotatable bonds is 17. The molecule has 0 aliphatic carbocycles. The fourth-order valence-corrected chi connectivity index (χ4v) is 3.73. The zero-order valence-corrected chi connectivity index (χ0v) is 19.5. The summed E-state index contributed by atoms with van der Waals surface area (Å²) in [4.78, 5) is 0. The zero-order valence-electron chi connectivity index (χ0n) is 19.5. The Morgan fingerprint density at radius 2 is 1.15 bits per heavy atom. The van der Waals surface area contributed by atoms with Gasteiger partial charge in [-0.25, -0.2) is 0 Å². The molecule has 160 valence electrons. The van der Waals surface area contributed by atoms with Crippen molar-refractivity contribution in [3.63, 3.8) is 0 Å². The molecule has 0 aliphatic heterocycles. The summed E-state index contributed by atoms with van der Waals surface area (Å²) in [6, 6.07) is 0.171. The smallest absolute Gasteiger partial charge is 0.0750 e. The molecule has 26 heavy (non-hydrogen) atoms. The van der Waals surface area contributed by atoms with Crippen LogP contribution in [-0.2, 0) is 4.74 Å². The second kappa shape index (κ2) is 21.2. The van der Waals surface area contributed by atoms with Crippen molar-refractivity contribution in [3.8, 4) is 0 Å². The highest BCUT2D eigenvalue weighted by Gasteiger charge is 2.26. The molecule has 2 N–H and O–H groups in total. The van der Waals surface area contributed by atoms with Crippen LogP contribution in [0.25, 0.3) is 0 Å². The first-order valence-electron chi connectivity index (χ1n) is 11.9. The predicted octanol–water partition coefficient (Wildman–Crippen LogP) is 7.74. The van der Waals surface area contributed by atoms with Crippen LogP contribution in [-0.4, -0.2) is 19.3 Å². The summed E-state index contributed by atoms with van der Waals surface area (Å²) in [7, 11) is 1.81. The van der Waals surface area contributed by atoms with E-state index in [0.29, 0.717) is 11.8 Å². The van der Waals surface area contributed by atoms with Gasteiger partial charge in [0, 0.05) is 13.2 Å². The normalized spacial score (nSPS) is 15.7. The maximum absolute atomic E-state index is 6.20. The molecule has 0 aromatic carbocycles. The summed E-state index contributed by atoms with van der Waals surface area (Å²) in [5, 5.41) is 0. The molecule has 0 aromatic rings. The first-order chi connectivity index (χ1) is 12.6. The fourth-order valence-electron chi connectivity index (χ4n) is 3.73. The van der Waals surface area contributed by atoms with Gasteiger partial charge in [-0.05, 0) is 18.3 Å². The van der Waals surface area contributed by atoms with Crippen LogP contribution in [0.15, 0.2) is 0 Å². The third-order valence-corrected chi connectivity index (χ3v) is 5.84. The van der Waals surface area contributed by atoms with Crippen LogP contribution in [0.1, 0.15) is 125 Å². The number of unbranched alkanes of at least 4 members (excludes halogenated alkanes) is 10. The maximum Gasteiger partial charge on any atom is 0.0750 e. The molecule has 0 saturated heterocycles. The summed E-state index contributed by atoms with van der Waals surface area (Å²) in [6.45, 7) is 13.1. The average Bonchev–Trinajstić information content (AvgIpc) is 2.67. The molecule has 0 fully saturated rings. The van der Waals surface area contributed by atoms with Crippen molar-refractivity contribution in [2.24, 2.45) is 17.6 Å². The lowest BCUT2D eigenvalue weighted by molar-refractivity contribution is 0.0161. The van der Waals surface area contributed by atoms with Crippen LogP contribution in [0, 0.1) is 11.8 Å². The van der Waals surface area contributed by atoms with E-state index in [1.165, 1.54) is 77.0 Å². The van der Waals surface area contributed by atoms with Crippen LogP contribution in [0.5, 0.6) is 0 Å². The third kappa shape index (κ3) is 15.0. The predicted molar refractivity (Wildman–Crippen MR) is 120 cm³/mol. The molecule has 4 unspecified atom stereocenters. The molecule has 0 aliphatic rings. The highest BCUT2D eigenvalue weighted by atomic mass is 16.5. The van der Waals surface area contributed by atoms with Gasteiger partial charge in [-0.3, -0.25) is 0 Å². The SMILES string of the molecule is CC.CCCCCCCCCCCCCC(C)C(C)C(OC)C(N)CC.